The van der Waals surface area contributed by atoms with Crippen molar-refractivity contribution in [3.63, 3.8) is 0 Å². The molecule has 8 heteroatoms. The monoisotopic (exact) mass is 226 g/mol. The first-order valence-corrected chi connectivity index (χ1v) is 4.47. The maximum atomic E-state index is 10.5. The molecule has 0 aliphatic carbocycles. The van der Waals surface area contributed by atoms with Crippen molar-refractivity contribution >= 4 is 17.6 Å². The van der Waals surface area contributed by atoms with E-state index in [4.69, 9.17) is 5.11 Å². The molecule has 0 aromatic carbocycles. The molecule has 0 bridgehead atoms. The van der Waals surface area contributed by atoms with Crippen LogP contribution in [-0.4, -0.2) is 39.1 Å². The summed E-state index contributed by atoms with van der Waals surface area (Å²) in [7, 11) is 0. The average molecular weight is 226 g/mol. The third kappa shape index (κ3) is 2.87. The molecule has 0 saturated heterocycles. The van der Waals surface area contributed by atoms with Gasteiger partial charge in [0.2, 0.25) is 5.95 Å². The van der Waals surface area contributed by atoms with E-state index < -0.39 is 10.9 Å². The van der Waals surface area contributed by atoms with Gasteiger partial charge in [0.25, 0.3) is 0 Å². The number of anilines is 1. The number of likely N-dealkylation sites (N-methyl/N-ethyl adjacent to an activating group) is 1. The summed E-state index contributed by atoms with van der Waals surface area (Å²) >= 11 is 0. The molecule has 0 aliphatic heterocycles. The SMILES string of the molecule is CCN(CC(=O)O)c1ncc([N+](=O)[O-])cn1. The highest BCUT2D eigenvalue weighted by atomic mass is 16.6. The van der Waals surface area contributed by atoms with Gasteiger partial charge in [-0.2, -0.15) is 0 Å². The number of hydrogen-bond acceptors (Lipinski definition) is 6. The largest absolute Gasteiger partial charge is 0.480 e. The Morgan fingerprint density at radius 2 is 2.12 bits per heavy atom. The van der Waals surface area contributed by atoms with Crippen LogP contribution in [0.4, 0.5) is 11.6 Å². The molecule has 0 unspecified atom stereocenters. The van der Waals surface area contributed by atoms with Gasteiger partial charge in [-0.15, -0.1) is 0 Å². The molecular formula is C8H10N4O4. The predicted molar refractivity (Wildman–Crippen MR) is 54.2 cm³/mol. The Morgan fingerprint density at radius 3 is 2.50 bits per heavy atom. The summed E-state index contributed by atoms with van der Waals surface area (Å²) in [5, 5.41) is 19.0. The number of carboxylic acids is 1. The smallest absolute Gasteiger partial charge is 0.323 e. The van der Waals surface area contributed by atoms with E-state index in [0.29, 0.717) is 6.54 Å². The van der Waals surface area contributed by atoms with Gasteiger partial charge in [0, 0.05) is 6.54 Å². The van der Waals surface area contributed by atoms with Crippen molar-refractivity contribution in [1.82, 2.24) is 9.97 Å². The van der Waals surface area contributed by atoms with Crippen LogP contribution in [0.5, 0.6) is 0 Å². The fraction of sp³-hybridized carbons (Fsp3) is 0.375. The number of carboxylic acid groups (broad SMARTS) is 1. The normalized spacial score (nSPS) is 9.81. The summed E-state index contributed by atoms with van der Waals surface area (Å²) in [6, 6.07) is 0. The molecule has 1 aromatic rings. The van der Waals surface area contributed by atoms with Gasteiger partial charge < -0.3 is 10.0 Å². The van der Waals surface area contributed by atoms with Gasteiger partial charge in [0.05, 0.1) is 4.92 Å². The highest BCUT2D eigenvalue weighted by Crippen LogP contribution is 2.11. The van der Waals surface area contributed by atoms with Crippen molar-refractivity contribution in [2.75, 3.05) is 18.0 Å². The zero-order valence-corrected chi connectivity index (χ0v) is 8.53. The number of rotatable bonds is 5. The Kier molecular flexibility index (Phi) is 3.70. The number of carbonyl (C=O) groups is 1. The maximum absolute atomic E-state index is 10.5. The molecule has 1 N–H and O–H groups in total. The highest BCUT2D eigenvalue weighted by molar-refractivity contribution is 5.72. The number of hydrogen-bond donors (Lipinski definition) is 1. The molecule has 0 spiro atoms. The summed E-state index contributed by atoms with van der Waals surface area (Å²) in [5.74, 6) is -0.848. The molecular weight excluding hydrogens is 216 g/mol. The number of nitrogens with zero attached hydrogens (tertiary/aromatic N) is 4. The van der Waals surface area contributed by atoms with E-state index >= 15 is 0 Å². The second kappa shape index (κ2) is 5.01. The molecule has 0 saturated carbocycles. The molecule has 1 aromatic heterocycles. The Bertz CT molecular complexity index is 392. The van der Waals surface area contributed by atoms with E-state index in [0.717, 1.165) is 12.4 Å². The Hall–Kier alpha value is -2.25. The number of aliphatic carboxylic acids is 1. The van der Waals surface area contributed by atoms with Crippen LogP contribution in [0.3, 0.4) is 0 Å². The molecule has 0 aliphatic rings. The summed E-state index contributed by atoms with van der Waals surface area (Å²) in [6.07, 6.45) is 2.10. The predicted octanol–water partition coefficient (Wildman–Crippen LogP) is 0.296. The molecule has 1 rings (SSSR count). The minimum absolute atomic E-state index is 0.163. The maximum Gasteiger partial charge on any atom is 0.323 e. The van der Waals surface area contributed by atoms with Crippen LogP contribution in [0.1, 0.15) is 6.92 Å². The lowest BCUT2D eigenvalue weighted by molar-refractivity contribution is -0.385. The summed E-state index contributed by atoms with van der Waals surface area (Å²) in [4.78, 5) is 29.1. The van der Waals surface area contributed by atoms with Crippen molar-refractivity contribution < 1.29 is 14.8 Å². The average Bonchev–Trinajstić information content (AvgIpc) is 2.25. The topological polar surface area (TPSA) is 109 Å². The number of aromatic nitrogens is 2. The van der Waals surface area contributed by atoms with Gasteiger partial charge in [0.1, 0.15) is 18.9 Å². The lowest BCUT2D eigenvalue weighted by Crippen LogP contribution is -2.30. The Balaban J connectivity index is 2.86. The van der Waals surface area contributed by atoms with Crippen LogP contribution in [0.25, 0.3) is 0 Å². The molecule has 0 amide bonds. The molecule has 1 heterocycles. The molecule has 0 fully saturated rings. The lowest BCUT2D eigenvalue weighted by atomic mass is 10.5. The van der Waals surface area contributed by atoms with E-state index in [1.54, 1.807) is 6.92 Å². The Labute approximate surface area is 90.7 Å². The zero-order chi connectivity index (χ0) is 12.1. The van der Waals surface area contributed by atoms with Crippen LogP contribution >= 0.6 is 0 Å². The van der Waals surface area contributed by atoms with Crippen molar-refractivity contribution in [2.24, 2.45) is 0 Å². The molecule has 86 valence electrons. The van der Waals surface area contributed by atoms with Crippen molar-refractivity contribution in [3.05, 3.63) is 22.5 Å². The van der Waals surface area contributed by atoms with E-state index in [1.165, 1.54) is 4.90 Å². The standard InChI is InChI=1S/C8H10N4O4/c1-2-11(5-7(13)14)8-9-3-6(4-10-8)12(15)16/h3-4H,2,5H2,1H3,(H,13,14). The highest BCUT2D eigenvalue weighted by Gasteiger charge is 2.13. The molecule has 0 radical (unpaired) electrons. The van der Waals surface area contributed by atoms with Crippen LogP contribution in [0.15, 0.2) is 12.4 Å². The van der Waals surface area contributed by atoms with Crippen LogP contribution < -0.4 is 4.90 Å². The molecule has 16 heavy (non-hydrogen) atoms. The van der Waals surface area contributed by atoms with Gasteiger partial charge >= 0.3 is 11.7 Å². The second-order valence-electron chi connectivity index (χ2n) is 2.91. The first-order valence-electron chi connectivity index (χ1n) is 4.47. The van der Waals surface area contributed by atoms with E-state index in [-0.39, 0.29) is 18.2 Å². The first kappa shape index (κ1) is 11.8. The summed E-state index contributed by atoms with van der Waals surface area (Å²) < 4.78 is 0. The van der Waals surface area contributed by atoms with Crippen molar-refractivity contribution in [1.29, 1.82) is 0 Å². The van der Waals surface area contributed by atoms with E-state index in [1.807, 2.05) is 0 Å². The van der Waals surface area contributed by atoms with Crippen LogP contribution in [0.2, 0.25) is 0 Å². The summed E-state index contributed by atoms with van der Waals surface area (Å²) in [6.45, 7) is 1.91. The Morgan fingerprint density at radius 1 is 1.56 bits per heavy atom. The quantitative estimate of drug-likeness (QED) is 0.567. The van der Waals surface area contributed by atoms with Gasteiger partial charge in [0.15, 0.2) is 0 Å². The zero-order valence-electron chi connectivity index (χ0n) is 8.53. The van der Waals surface area contributed by atoms with Crippen LogP contribution in [-0.2, 0) is 4.79 Å². The minimum Gasteiger partial charge on any atom is -0.480 e. The van der Waals surface area contributed by atoms with Crippen LogP contribution in [0, 0.1) is 10.1 Å². The van der Waals surface area contributed by atoms with Gasteiger partial charge in [-0.3, -0.25) is 14.9 Å². The number of nitro groups is 1. The third-order valence-electron chi connectivity index (χ3n) is 1.83. The lowest BCUT2D eigenvalue weighted by Gasteiger charge is -2.17. The van der Waals surface area contributed by atoms with Gasteiger partial charge in [-0.05, 0) is 6.92 Å². The molecule has 8 nitrogen and oxygen atoms in total. The van der Waals surface area contributed by atoms with Gasteiger partial charge in [-0.25, -0.2) is 9.97 Å². The fourth-order valence-electron chi connectivity index (χ4n) is 1.06. The van der Waals surface area contributed by atoms with Crippen molar-refractivity contribution in [3.8, 4) is 0 Å². The van der Waals surface area contributed by atoms with Gasteiger partial charge in [-0.1, -0.05) is 0 Å². The summed E-state index contributed by atoms with van der Waals surface area (Å²) in [5.41, 5.74) is -0.227. The molecule has 0 atom stereocenters. The van der Waals surface area contributed by atoms with Crippen molar-refractivity contribution in [2.45, 2.75) is 6.92 Å². The minimum atomic E-state index is -1.01. The second-order valence-corrected chi connectivity index (χ2v) is 2.91. The first-order chi connectivity index (χ1) is 7.54. The van der Waals surface area contributed by atoms with E-state index in [2.05, 4.69) is 9.97 Å². The third-order valence-corrected chi connectivity index (χ3v) is 1.83. The van der Waals surface area contributed by atoms with E-state index in [9.17, 15) is 14.9 Å². The fourth-order valence-corrected chi connectivity index (χ4v) is 1.06.